The molecule has 1 amide bonds. The molecule has 0 saturated heterocycles. The van der Waals surface area contributed by atoms with Crippen LogP contribution < -0.4 is 16.0 Å². The highest BCUT2D eigenvalue weighted by Crippen LogP contribution is 2.27. The summed E-state index contributed by atoms with van der Waals surface area (Å²) in [6.45, 7) is 5.52. The Morgan fingerprint density at radius 1 is 1.23 bits per heavy atom. The Bertz CT molecular complexity index is 1030. The van der Waals surface area contributed by atoms with Gasteiger partial charge in [0.2, 0.25) is 5.95 Å². The predicted molar refractivity (Wildman–Crippen MR) is 119 cm³/mol. The largest absolute Gasteiger partial charge is 0.444 e. The number of hydrogen-bond donors (Lipinski definition) is 3. The first-order valence-corrected chi connectivity index (χ1v) is 10.1. The zero-order valence-corrected chi connectivity index (χ0v) is 18.1. The number of benzene rings is 1. The highest BCUT2D eigenvalue weighted by Gasteiger charge is 2.30. The maximum atomic E-state index is 11.8. The summed E-state index contributed by atoms with van der Waals surface area (Å²) in [5.74, 6) is 7.64. The number of ether oxygens (including phenoxy) is 1. The van der Waals surface area contributed by atoms with Gasteiger partial charge in [-0.25, -0.2) is 9.78 Å². The lowest BCUT2D eigenvalue weighted by atomic mass is 9.81. The Labute approximate surface area is 182 Å². The molecule has 1 saturated carbocycles. The molecule has 0 spiro atoms. The van der Waals surface area contributed by atoms with Crippen molar-refractivity contribution >= 4 is 23.5 Å². The van der Waals surface area contributed by atoms with Crippen molar-refractivity contribution in [3.63, 3.8) is 0 Å². The van der Waals surface area contributed by atoms with Crippen LogP contribution in [-0.4, -0.2) is 34.8 Å². The van der Waals surface area contributed by atoms with Crippen LogP contribution >= 0.6 is 0 Å². The van der Waals surface area contributed by atoms with Gasteiger partial charge in [0.15, 0.2) is 0 Å². The Morgan fingerprint density at radius 2 is 1.94 bits per heavy atom. The third kappa shape index (κ3) is 6.35. The molecule has 8 heteroatoms. The first-order chi connectivity index (χ1) is 14.8. The monoisotopic (exact) mass is 418 g/mol. The molecule has 2 aromatic rings. The van der Waals surface area contributed by atoms with Crippen LogP contribution in [0.5, 0.6) is 0 Å². The molecular formula is C23H26N6O2. The number of nitriles is 1. The van der Waals surface area contributed by atoms with E-state index in [0.29, 0.717) is 22.9 Å². The summed E-state index contributed by atoms with van der Waals surface area (Å²) in [7, 11) is 1.78. The van der Waals surface area contributed by atoms with Gasteiger partial charge in [0, 0.05) is 24.7 Å². The summed E-state index contributed by atoms with van der Waals surface area (Å²) in [5.41, 5.74) is 1.58. The quantitative estimate of drug-likeness (QED) is 0.648. The number of nitrogens with one attached hydrogen (secondary N) is 3. The lowest BCUT2D eigenvalue weighted by Crippen LogP contribution is -2.45. The lowest BCUT2D eigenvalue weighted by Gasteiger charge is -2.33. The number of carbonyl (C=O) groups is 1. The van der Waals surface area contributed by atoms with E-state index in [0.717, 1.165) is 18.5 Å². The number of aromatic nitrogens is 2. The van der Waals surface area contributed by atoms with Crippen LogP contribution in [-0.2, 0) is 4.74 Å². The van der Waals surface area contributed by atoms with E-state index in [1.807, 2.05) is 20.8 Å². The van der Waals surface area contributed by atoms with Crippen molar-refractivity contribution < 1.29 is 9.53 Å². The average molecular weight is 419 g/mol. The van der Waals surface area contributed by atoms with Gasteiger partial charge in [0.1, 0.15) is 11.4 Å². The van der Waals surface area contributed by atoms with Gasteiger partial charge >= 0.3 is 6.09 Å². The second-order valence-corrected chi connectivity index (χ2v) is 8.30. The third-order valence-corrected chi connectivity index (χ3v) is 4.57. The van der Waals surface area contributed by atoms with Crippen LogP contribution in [0.2, 0.25) is 0 Å². The summed E-state index contributed by atoms with van der Waals surface area (Å²) in [4.78, 5) is 20.6. The molecule has 1 aromatic heterocycles. The minimum Gasteiger partial charge on any atom is -0.444 e. The van der Waals surface area contributed by atoms with Gasteiger partial charge in [0.25, 0.3) is 0 Å². The summed E-state index contributed by atoms with van der Waals surface area (Å²) in [6.07, 6.45) is 2.87. The molecule has 0 aliphatic heterocycles. The van der Waals surface area contributed by atoms with E-state index in [4.69, 9.17) is 10.00 Å². The van der Waals surface area contributed by atoms with E-state index < -0.39 is 5.60 Å². The van der Waals surface area contributed by atoms with Crippen LogP contribution in [0.15, 0.2) is 30.5 Å². The van der Waals surface area contributed by atoms with Gasteiger partial charge in [-0.1, -0.05) is 11.8 Å². The zero-order chi connectivity index (χ0) is 22.4. The fourth-order valence-electron chi connectivity index (χ4n) is 2.99. The van der Waals surface area contributed by atoms with Crippen LogP contribution in [0.25, 0.3) is 0 Å². The van der Waals surface area contributed by atoms with Crippen LogP contribution in [0.4, 0.5) is 22.2 Å². The molecule has 8 nitrogen and oxygen atoms in total. The van der Waals surface area contributed by atoms with Gasteiger partial charge in [-0.3, -0.25) is 0 Å². The van der Waals surface area contributed by atoms with Gasteiger partial charge in [-0.05, 0) is 57.9 Å². The number of rotatable bonds is 4. The van der Waals surface area contributed by atoms with Gasteiger partial charge in [-0.2, -0.15) is 10.2 Å². The smallest absolute Gasteiger partial charge is 0.407 e. The fourth-order valence-corrected chi connectivity index (χ4v) is 2.99. The number of nitrogens with zero attached hydrogens (tertiary/aromatic N) is 3. The van der Waals surface area contributed by atoms with E-state index in [2.05, 4.69) is 43.8 Å². The lowest BCUT2D eigenvalue weighted by molar-refractivity contribution is 0.0467. The Hall–Kier alpha value is -3.78. The predicted octanol–water partition coefficient (Wildman–Crippen LogP) is 3.79. The molecule has 1 aliphatic rings. The SMILES string of the molecule is CNc1nc(Nc2ccc(C#N)cc2)ncc1C#C[C@H]1C[C@@H](NC(=O)OC(C)(C)C)C1. The first kappa shape index (κ1) is 21.9. The minimum absolute atomic E-state index is 0.0909. The average Bonchev–Trinajstić information content (AvgIpc) is 2.69. The molecule has 0 atom stereocenters. The van der Waals surface area contributed by atoms with E-state index in [9.17, 15) is 4.79 Å². The zero-order valence-electron chi connectivity index (χ0n) is 18.1. The topological polar surface area (TPSA) is 112 Å². The number of hydrogen-bond acceptors (Lipinski definition) is 7. The molecule has 1 heterocycles. The van der Waals surface area contributed by atoms with Crippen molar-refractivity contribution in [3.8, 4) is 17.9 Å². The molecule has 1 aromatic carbocycles. The molecule has 0 unspecified atom stereocenters. The molecule has 1 fully saturated rings. The van der Waals surface area contributed by atoms with Crippen LogP contribution in [0.1, 0.15) is 44.7 Å². The number of carbonyl (C=O) groups excluding carboxylic acids is 1. The molecule has 0 radical (unpaired) electrons. The normalized spacial score (nSPS) is 17.3. The van der Waals surface area contributed by atoms with E-state index in [1.165, 1.54) is 0 Å². The maximum Gasteiger partial charge on any atom is 0.407 e. The highest BCUT2D eigenvalue weighted by atomic mass is 16.6. The van der Waals surface area contributed by atoms with Crippen molar-refractivity contribution in [3.05, 3.63) is 41.6 Å². The van der Waals surface area contributed by atoms with Gasteiger partial charge in [0.05, 0.1) is 23.4 Å². The Kier molecular flexibility index (Phi) is 6.61. The highest BCUT2D eigenvalue weighted by molar-refractivity contribution is 5.68. The number of amides is 1. The Balaban J connectivity index is 1.56. The first-order valence-electron chi connectivity index (χ1n) is 10.1. The summed E-state index contributed by atoms with van der Waals surface area (Å²) in [6, 6.07) is 9.23. The fraction of sp³-hybridized carbons (Fsp3) is 0.391. The molecule has 160 valence electrons. The van der Waals surface area contributed by atoms with Gasteiger partial charge < -0.3 is 20.7 Å². The number of alkyl carbamates (subject to hydrolysis) is 1. The van der Waals surface area contributed by atoms with Gasteiger partial charge in [-0.15, -0.1) is 0 Å². The molecular weight excluding hydrogens is 392 g/mol. The molecule has 0 bridgehead atoms. The third-order valence-electron chi connectivity index (χ3n) is 4.57. The van der Waals surface area contributed by atoms with Crippen LogP contribution in [0.3, 0.4) is 0 Å². The van der Waals surface area contributed by atoms with Crippen molar-refractivity contribution in [2.75, 3.05) is 17.7 Å². The summed E-state index contributed by atoms with van der Waals surface area (Å²) in [5, 5.41) is 17.9. The number of anilines is 3. The summed E-state index contributed by atoms with van der Waals surface area (Å²) < 4.78 is 5.27. The molecule has 1 aliphatic carbocycles. The van der Waals surface area contributed by atoms with Crippen molar-refractivity contribution in [1.29, 1.82) is 5.26 Å². The second-order valence-electron chi connectivity index (χ2n) is 8.30. The molecule has 3 rings (SSSR count). The Morgan fingerprint density at radius 3 is 2.55 bits per heavy atom. The van der Waals surface area contributed by atoms with Crippen LogP contribution in [0, 0.1) is 29.1 Å². The standard InChI is InChI=1S/C23H26N6O2/c1-23(2,3)31-22(30)28-19-11-16(12-19)5-8-17-14-26-21(29-20(17)25-4)27-18-9-6-15(13-24)7-10-18/h6-7,9-10,14,16,19H,11-12H2,1-4H3,(H,28,30)(H2,25,26,27,29)/t16-,19+. The minimum atomic E-state index is -0.502. The summed E-state index contributed by atoms with van der Waals surface area (Å²) >= 11 is 0. The van der Waals surface area contributed by atoms with E-state index in [-0.39, 0.29) is 18.1 Å². The molecule has 3 N–H and O–H groups in total. The molecule has 31 heavy (non-hydrogen) atoms. The van der Waals surface area contributed by atoms with Crippen molar-refractivity contribution in [1.82, 2.24) is 15.3 Å². The maximum absolute atomic E-state index is 11.8. The van der Waals surface area contributed by atoms with Crippen molar-refractivity contribution in [2.45, 2.75) is 45.3 Å². The second kappa shape index (κ2) is 9.36. The van der Waals surface area contributed by atoms with Crippen molar-refractivity contribution in [2.24, 2.45) is 5.92 Å². The van der Waals surface area contributed by atoms with E-state index >= 15 is 0 Å². The van der Waals surface area contributed by atoms with E-state index in [1.54, 1.807) is 37.5 Å².